The summed E-state index contributed by atoms with van der Waals surface area (Å²) in [6.45, 7) is 8.75. The molecule has 0 radical (unpaired) electrons. The third-order valence-electron chi connectivity index (χ3n) is 4.91. The Morgan fingerprint density at radius 2 is 2.00 bits per heavy atom. The molecule has 1 aliphatic heterocycles. The number of rotatable bonds is 5. The molecule has 0 aliphatic carbocycles. The summed E-state index contributed by atoms with van der Waals surface area (Å²) in [4.78, 5) is 25.6. The lowest BCUT2D eigenvalue weighted by Gasteiger charge is -2.40. The van der Waals surface area contributed by atoms with E-state index < -0.39 is 21.9 Å². The number of amides is 1. The predicted molar refractivity (Wildman–Crippen MR) is 110 cm³/mol. The topological polar surface area (TPSA) is 129 Å². The number of fused-ring (bicyclic) bond motifs is 1. The van der Waals surface area contributed by atoms with Crippen molar-refractivity contribution in [2.75, 3.05) is 24.5 Å². The summed E-state index contributed by atoms with van der Waals surface area (Å²) >= 11 is 0. The summed E-state index contributed by atoms with van der Waals surface area (Å²) in [5, 5.41) is 0.971. The highest BCUT2D eigenvalue weighted by Gasteiger charge is 2.33. The standard InChI is InChI=1S/C18H28N6O4S/c1-17(2,3)28-16(25)23-29(26,27)22-11-18(4)6-9-24(10-7-18)15-13-5-8-19-14(13)20-12-21-15/h5,8,12,22H,6-7,9-11H2,1-4H3,(H,23,25)(H,19,20,21). The van der Waals surface area contributed by atoms with E-state index in [4.69, 9.17) is 4.74 Å². The number of anilines is 1. The maximum Gasteiger partial charge on any atom is 0.422 e. The van der Waals surface area contributed by atoms with E-state index in [1.807, 2.05) is 23.9 Å². The summed E-state index contributed by atoms with van der Waals surface area (Å²) in [5.74, 6) is 0.880. The van der Waals surface area contributed by atoms with Crippen LogP contribution in [0, 0.1) is 5.41 Å². The molecule has 0 spiro atoms. The molecule has 1 amide bonds. The van der Waals surface area contributed by atoms with Gasteiger partial charge in [-0.2, -0.15) is 13.1 Å². The summed E-state index contributed by atoms with van der Waals surface area (Å²) < 4.78 is 33.7. The van der Waals surface area contributed by atoms with Gasteiger partial charge in [-0.1, -0.05) is 6.92 Å². The molecule has 3 N–H and O–H groups in total. The number of aromatic nitrogens is 3. The van der Waals surface area contributed by atoms with Gasteiger partial charge in [0, 0.05) is 25.8 Å². The lowest BCUT2D eigenvalue weighted by Crippen LogP contribution is -2.49. The number of ether oxygens (including phenoxy) is 1. The Labute approximate surface area is 170 Å². The molecular weight excluding hydrogens is 396 g/mol. The van der Waals surface area contributed by atoms with Gasteiger partial charge in [-0.3, -0.25) is 0 Å². The molecule has 0 unspecified atom stereocenters. The first-order valence-corrected chi connectivity index (χ1v) is 11.0. The maximum atomic E-state index is 12.2. The average molecular weight is 425 g/mol. The normalized spacial score (nSPS) is 17.3. The molecule has 1 fully saturated rings. The van der Waals surface area contributed by atoms with Crippen molar-refractivity contribution in [3.63, 3.8) is 0 Å². The molecule has 11 heteroatoms. The van der Waals surface area contributed by atoms with Crippen molar-refractivity contribution < 1.29 is 17.9 Å². The molecule has 0 saturated carbocycles. The fourth-order valence-electron chi connectivity index (χ4n) is 3.26. The lowest BCUT2D eigenvalue weighted by molar-refractivity contribution is 0.0569. The summed E-state index contributed by atoms with van der Waals surface area (Å²) in [7, 11) is -3.99. The van der Waals surface area contributed by atoms with Crippen molar-refractivity contribution >= 4 is 33.2 Å². The first kappa shape index (κ1) is 21.3. The minimum absolute atomic E-state index is 0.225. The number of aromatic amines is 1. The zero-order chi connectivity index (χ0) is 21.3. The van der Waals surface area contributed by atoms with Gasteiger partial charge in [-0.15, -0.1) is 0 Å². The zero-order valence-corrected chi connectivity index (χ0v) is 18.0. The van der Waals surface area contributed by atoms with Crippen LogP contribution >= 0.6 is 0 Å². The van der Waals surface area contributed by atoms with Gasteiger partial charge in [0.15, 0.2) is 0 Å². The Balaban J connectivity index is 1.55. The van der Waals surface area contributed by atoms with Crippen LogP contribution in [0.5, 0.6) is 0 Å². The molecule has 10 nitrogen and oxygen atoms in total. The van der Waals surface area contributed by atoms with Crippen LogP contribution in [0.2, 0.25) is 0 Å². The van der Waals surface area contributed by atoms with Crippen molar-refractivity contribution in [2.24, 2.45) is 5.41 Å². The van der Waals surface area contributed by atoms with Gasteiger partial charge in [-0.05, 0) is 45.1 Å². The van der Waals surface area contributed by atoms with Gasteiger partial charge in [0.05, 0.1) is 5.39 Å². The minimum atomic E-state index is -3.99. The highest BCUT2D eigenvalue weighted by atomic mass is 32.2. The van der Waals surface area contributed by atoms with Gasteiger partial charge >= 0.3 is 16.3 Å². The number of hydrogen-bond donors (Lipinski definition) is 3. The quantitative estimate of drug-likeness (QED) is 0.669. The van der Waals surface area contributed by atoms with E-state index in [0.29, 0.717) is 0 Å². The first-order chi connectivity index (χ1) is 13.5. The van der Waals surface area contributed by atoms with Crippen molar-refractivity contribution in [2.45, 2.75) is 46.1 Å². The van der Waals surface area contributed by atoms with Gasteiger partial charge in [-0.25, -0.2) is 19.5 Å². The van der Waals surface area contributed by atoms with E-state index in [1.54, 1.807) is 27.1 Å². The number of nitrogens with one attached hydrogen (secondary N) is 3. The Morgan fingerprint density at radius 1 is 1.31 bits per heavy atom. The maximum absolute atomic E-state index is 12.2. The molecule has 0 bridgehead atoms. The van der Waals surface area contributed by atoms with Gasteiger partial charge in [0.2, 0.25) is 0 Å². The highest BCUT2D eigenvalue weighted by molar-refractivity contribution is 7.88. The summed E-state index contributed by atoms with van der Waals surface area (Å²) in [6.07, 6.45) is 3.93. The number of hydrogen-bond acceptors (Lipinski definition) is 7. The lowest BCUT2D eigenvalue weighted by atomic mass is 9.80. The SMILES string of the molecule is CC1(CNS(=O)(=O)NC(=O)OC(C)(C)C)CCN(c2ncnc3[nH]ccc23)CC1. The number of piperidine rings is 1. The van der Waals surface area contributed by atoms with Crippen LogP contribution in [0.25, 0.3) is 11.0 Å². The van der Waals surface area contributed by atoms with Crippen LogP contribution in [0.1, 0.15) is 40.5 Å². The van der Waals surface area contributed by atoms with Crippen molar-refractivity contribution in [1.82, 2.24) is 24.4 Å². The molecule has 1 saturated heterocycles. The monoisotopic (exact) mass is 424 g/mol. The van der Waals surface area contributed by atoms with E-state index in [1.165, 1.54) is 0 Å². The second kappa shape index (κ2) is 7.79. The average Bonchev–Trinajstić information content (AvgIpc) is 3.08. The van der Waals surface area contributed by atoms with Gasteiger partial charge in [0.1, 0.15) is 23.4 Å². The molecular formula is C18H28N6O4S. The Hall–Kier alpha value is -2.40. The van der Waals surface area contributed by atoms with E-state index >= 15 is 0 Å². The van der Waals surface area contributed by atoms with Crippen LogP contribution in [0.3, 0.4) is 0 Å². The zero-order valence-electron chi connectivity index (χ0n) is 17.2. The molecule has 2 aromatic heterocycles. The smallest absolute Gasteiger partial charge is 0.422 e. The summed E-state index contributed by atoms with van der Waals surface area (Å²) in [6, 6.07) is 1.95. The highest BCUT2D eigenvalue weighted by Crippen LogP contribution is 2.33. The van der Waals surface area contributed by atoms with Gasteiger partial charge < -0.3 is 14.6 Å². The Kier molecular flexibility index (Phi) is 5.72. The van der Waals surface area contributed by atoms with Crippen molar-refractivity contribution in [3.05, 3.63) is 18.6 Å². The van der Waals surface area contributed by atoms with E-state index in [-0.39, 0.29) is 12.0 Å². The molecule has 3 heterocycles. The molecule has 29 heavy (non-hydrogen) atoms. The number of H-pyrrole nitrogens is 1. The van der Waals surface area contributed by atoms with Crippen LogP contribution in [-0.2, 0) is 14.9 Å². The molecule has 0 atom stereocenters. The third-order valence-corrected chi connectivity index (χ3v) is 5.87. The number of carbonyl (C=O) groups excluding carboxylic acids is 1. The second-order valence-electron chi connectivity index (χ2n) is 8.66. The predicted octanol–water partition coefficient (Wildman–Crippen LogP) is 1.92. The van der Waals surface area contributed by atoms with Crippen LogP contribution in [0.4, 0.5) is 10.6 Å². The number of carbonyl (C=O) groups is 1. The number of nitrogens with zero attached hydrogens (tertiary/aromatic N) is 3. The second-order valence-corrected chi connectivity index (χ2v) is 10.2. The molecule has 0 aromatic carbocycles. The molecule has 1 aliphatic rings. The largest absolute Gasteiger partial charge is 0.443 e. The van der Waals surface area contributed by atoms with Gasteiger partial charge in [0.25, 0.3) is 0 Å². The first-order valence-electron chi connectivity index (χ1n) is 9.50. The van der Waals surface area contributed by atoms with Crippen LogP contribution < -0.4 is 14.3 Å². The van der Waals surface area contributed by atoms with Crippen molar-refractivity contribution in [3.8, 4) is 0 Å². The summed E-state index contributed by atoms with van der Waals surface area (Å²) in [5.41, 5.74) is -0.211. The van der Waals surface area contributed by atoms with Crippen molar-refractivity contribution in [1.29, 1.82) is 0 Å². The van der Waals surface area contributed by atoms with E-state index in [0.717, 1.165) is 42.8 Å². The van der Waals surface area contributed by atoms with Crippen LogP contribution in [-0.4, -0.2) is 54.7 Å². The molecule has 2 aromatic rings. The fourth-order valence-corrected chi connectivity index (χ4v) is 4.13. The molecule has 160 valence electrons. The van der Waals surface area contributed by atoms with E-state index in [2.05, 4.69) is 24.6 Å². The third kappa shape index (κ3) is 5.57. The minimum Gasteiger partial charge on any atom is -0.443 e. The van der Waals surface area contributed by atoms with Crippen LogP contribution in [0.15, 0.2) is 18.6 Å². The molecule has 3 rings (SSSR count). The fraction of sp³-hybridized carbons (Fsp3) is 0.611. The Bertz CT molecular complexity index is 974. The Morgan fingerprint density at radius 3 is 2.66 bits per heavy atom. The van der Waals surface area contributed by atoms with E-state index in [9.17, 15) is 13.2 Å².